The molecule has 6 heterocycles. The second-order valence-corrected chi connectivity index (χ2v) is 35.4. The van der Waals surface area contributed by atoms with Gasteiger partial charge >= 0.3 is 0 Å². The molecule has 0 saturated heterocycles. The van der Waals surface area contributed by atoms with Crippen LogP contribution in [0.3, 0.4) is 0 Å². The molecule has 22 aromatic carbocycles. The third-order valence-corrected chi connectivity index (χ3v) is 27.0. The van der Waals surface area contributed by atoms with Gasteiger partial charge in [-0.2, -0.15) is 0 Å². The number of rotatable bonds is 13. The zero-order valence-corrected chi connectivity index (χ0v) is 76.2. The van der Waals surface area contributed by atoms with Gasteiger partial charge in [0.1, 0.15) is 0 Å². The van der Waals surface area contributed by atoms with Gasteiger partial charge in [-0.3, -0.25) is 0 Å². The van der Waals surface area contributed by atoms with Crippen LogP contribution in [-0.4, -0.2) is 58.6 Å². The summed E-state index contributed by atoms with van der Waals surface area (Å²) < 4.78 is 7.18. The third kappa shape index (κ3) is 15.0. The highest BCUT2D eigenvalue weighted by Crippen LogP contribution is 2.47. The predicted molar refractivity (Wildman–Crippen MR) is 582 cm³/mol. The van der Waals surface area contributed by atoms with E-state index in [-0.39, 0.29) is 0 Å². The molecular weight excluding hydrogens is 1720 g/mol. The Labute approximate surface area is 811 Å². The highest BCUT2D eigenvalue weighted by molar-refractivity contribution is 6.31. The molecule has 0 N–H and O–H groups in total. The summed E-state index contributed by atoms with van der Waals surface area (Å²) in [6, 6.07) is 174. The molecule has 28 rings (SSSR count). The summed E-state index contributed by atoms with van der Waals surface area (Å²) in [5.41, 5.74) is 21.1. The Morgan fingerprint density at radius 1 is 0.113 bits per heavy atom. The quantitative estimate of drug-likeness (QED) is 0.111. The van der Waals surface area contributed by atoms with Gasteiger partial charge < -0.3 is 13.7 Å². The van der Waals surface area contributed by atoms with Gasteiger partial charge in [-0.1, -0.05) is 406 Å². The SMILES string of the molecule is c1ccc(-c2nc(-c3ccccc3)nc(-c3ccc(-n4c5ccc6ccccc6c5c5c6ccccc6ccc54)cc3)n2)cc1.c1ccc(-c2nc(-c3ccccc3)nc(-c3cccc(-c4cccc(-n5c6ccc7ccccc7c6c6c7ccccc7ccc65)c4)c3)n2)cc1.c1ccc(-c2nc(-c3ccccc3)nc(-c3cccc(-n4c5ccc6ccccc6c5c5c6ccccc6ccc54)c3)n2)cc1. The zero-order valence-electron chi connectivity index (χ0n) is 76.2. The van der Waals surface area contributed by atoms with Crippen LogP contribution in [0.15, 0.2) is 497 Å². The third-order valence-electron chi connectivity index (χ3n) is 27.0. The number of fused-ring (bicyclic) bond motifs is 21. The van der Waals surface area contributed by atoms with Crippen molar-refractivity contribution < 1.29 is 0 Å². The highest BCUT2D eigenvalue weighted by Gasteiger charge is 2.25. The Morgan fingerprint density at radius 2 is 0.291 bits per heavy atom. The van der Waals surface area contributed by atoms with Crippen molar-refractivity contribution in [3.05, 3.63) is 497 Å². The van der Waals surface area contributed by atoms with Gasteiger partial charge in [-0.15, -0.1) is 0 Å². The Balaban J connectivity index is 0.000000109. The van der Waals surface area contributed by atoms with E-state index in [1.54, 1.807) is 0 Å². The van der Waals surface area contributed by atoms with Crippen molar-refractivity contribution in [1.82, 2.24) is 58.6 Å². The van der Waals surface area contributed by atoms with E-state index in [0.29, 0.717) is 52.4 Å². The Hall–Kier alpha value is -19.2. The van der Waals surface area contributed by atoms with E-state index in [0.717, 1.165) is 78.3 Å². The summed E-state index contributed by atoms with van der Waals surface area (Å²) in [7, 11) is 0. The smallest absolute Gasteiger partial charge is 0.164 e. The van der Waals surface area contributed by atoms with Crippen LogP contribution in [0.25, 0.3) is 261 Å². The maximum atomic E-state index is 5.00. The van der Waals surface area contributed by atoms with Crippen molar-refractivity contribution in [1.29, 1.82) is 0 Å². The first-order valence-corrected chi connectivity index (χ1v) is 47.5. The lowest BCUT2D eigenvalue weighted by Crippen LogP contribution is -2.01. The van der Waals surface area contributed by atoms with E-state index in [2.05, 4.69) is 329 Å². The molecule has 0 spiro atoms. The van der Waals surface area contributed by atoms with Crippen LogP contribution < -0.4 is 0 Å². The molecule has 12 heteroatoms. The van der Waals surface area contributed by atoms with Crippen molar-refractivity contribution >= 4 is 130 Å². The summed E-state index contributed by atoms with van der Waals surface area (Å²) in [6.07, 6.45) is 0. The van der Waals surface area contributed by atoms with Gasteiger partial charge in [0.05, 0.1) is 33.1 Å². The lowest BCUT2D eigenvalue weighted by Gasteiger charge is -2.12. The predicted octanol–water partition coefficient (Wildman–Crippen LogP) is 32.5. The van der Waals surface area contributed by atoms with Gasteiger partial charge in [0, 0.05) is 99.5 Å². The van der Waals surface area contributed by atoms with Crippen LogP contribution in [-0.2, 0) is 0 Å². The van der Waals surface area contributed by atoms with Crippen LogP contribution in [0, 0.1) is 0 Å². The number of hydrogen-bond donors (Lipinski definition) is 0. The van der Waals surface area contributed by atoms with Crippen LogP contribution in [0.1, 0.15) is 0 Å². The molecular formula is C129H82N12. The van der Waals surface area contributed by atoms with Gasteiger partial charge in [-0.05, 0) is 167 Å². The van der Waals surface area contributed by atoms with E-state index in [4.69, 9.17) is 44.9 Å². The van der Waals surface area contributed by atoms with Crippen LogP contribution in [0.2, 0.25) is 0 Å². The Bertz CT molecular complexity index is 9280. The molecule has 28 aromatic rings. The van der Waals surface area contributed by atoms with Crippen LogP contribution in [0.5, 0.6) is 0 Å². The summed E-state index contributed by atoms with van der Waals surface area (Å²) in [6.45, 7) is 0. The summed E-state index contributed by atoms with van der Waals surface area (Å²) in [5, 5.41) is 22.7. The second-order valence-electron chi connectivity index (χ2n) is 35.4. The van der Waals surface area contributed by atoms with Crippen LogP contribution >= 0.6 is 0 Å². The van der Waals surface area contributed by atoms with Gasteiger partial charge in [0.15, 0.2) is 52.4 Å². The molecule has 0 bridgehead atoms. The maximum Gasteiger partial charge on any atom is 0.164 e. The molecule has 0 aliphatic rings. The molecule has 0 radical (unpaired) electrons. The van der Waals surface area contributed by atoms with E-state index in [9.17, 15) is 0 Å². The molecule has 0 saturated carbocycles. The first kappa shape index (κ1) is 82.5. The van der Waals surface area contributed by atoms with Crippen molar-refractivity contribution in [2.45, 2.75) is 0 Å². The first-order chi connectivity index (χ1) is 69.9. The number of benzene rings is 22. The lowest BCUT2D eigenvalue weighted by atomic mass is 10.00. The Morgan fingerprint density at radius 3 is 0.546 bits per heavy atom. The van der Waals surface area contributed by atoms with Gasteiger partial charge in [0.2, 0.25) is 0 Å². The van der Waals surface area contributed by atoms with E-state index in [1.807, 2.05) is 182 Å². The molecule has 12 nitrogen and oxygen atoms in total. The fraction of sp³-hybridized carbons (Fsp3) is 0. The van der Waals surface area contributed by atoms with Crippen molar-refractivity contribution in [3.63, 3.8) is 0 Å². The summed E-state index contributed by atoms with van der Waals surface area (Å²) in [4.78, 5) is 44.4. The molecule has 0 aliphatic carbocycles. The standard InChI is InChI=1S/C47H30N4.2C41H26N4/c1-3-15-33(16-4-1)45-48-46(34-17-5-2-6-18-34)50-47(49-45)37-21-11-19-35(29-37)36-20-12-22-38(30-36)51-41-27-25-31-13-7-9-23-39(31)43(41)44-40-24-10-8-14-32(40)26-28-42(44)51;1-3-14-29(15-4-1)39-42-40(30-16-5-2-6-17-30)44-41(43-39)31-18-11-19-32(26-31)45-35-24-22-27-12-7-9-20-33(27)37(35)38-34-21-10-8-13-28(34)23-25-36(38)45;1-3-13-29(14-4-1)39-42-40(30-15-5-2-6-16-30)44-41(43-39)31-19-23-32(24-20-31)45-35-25-21-27-11-7-9-17-33(27)37(35)38-34-18-10-8-12-28(34)22-26-36(38)45/h1-30H;2*1-26H. The number of hydrogen-bond acceptors (Lipinski definition) is 9. The van der Waals surface area contributed by atoms with E-state index >= 15 is 0 Å². The monoisotopic (exact) mass is 1800 g/mol. The summed E-state index contributed by atoms with van der Waals surface area (Å²) in [5.74, 6) is 5.85. The largest absolute Gasteiger partial charge is 0.309 e. The highest BCUT2D eigenvalue weighted by atomic mass is 15.1. The molecule has 658 valence electrons. The maximum absolute atomic E-state index is 5.00. The molecule has 141 heavy (non-hydrogen) atoms. The Kier molecular flexibility index (Phi) is 20.6. The topological polar surface area (TPSA) is 131 Å². The fourth-order valence-electron chi connectivity index (χ4n) is 20.5. The minimum Gasteiger partial charge on any atom is -0.309 e. The molecule has 0 unspecified atom stereocenters. The van der Waals surface area contributed by atoms with E-state index < -0.39 is 0 Å². The zero-order chi connectivity index (χ0) is 93.2. The molecule has 0 aliphatic heterocycles. The van der Waals surface area contributed by atoms with E-state index in [1.165, 1.54) is 130 Å². The fourth-order valence-corrected chi connectivity index (χ4v) is 20.5. The molecule has 0 amide bonds. The van der Waals surface area contributed by atoms with Crippen molar-refractivity contribution in [2.24, 2.45) is 0 Å². The molecule has 0 atom stereocenters. The minimum absolute atomic E-state index is 0.640. The molecule has 6 aromatic heterocycles. The molecule has 0 fully saturated rings. The lowest BCUT2D eigenvalue weighted by molar-refractivity contribution is 1.07. The summed E-state index contributed by atoms with van der Waals surface area (Å²) >= 11 is 0. The normalized spacial score (nSPS) is 11.5. The second kappa shape index (κ2) is 35.3. The first-order valence-electron chi connectivity index (χ1n) is 47.5. The number of aromatic nitrogens is 12. The average Bonchev–Trinajstić information content (AvgIpc) is 1.57. The van der Waals surface area contributed by atoms with Crippen molar-refractivity contribution in [3.8, 4) is 131 Å². The van der Waals surface area contributed by atoms with Gasteiger partial charge in [-0.25, -0.2) is 44.9 Å². The number of nitrogens with zero attached hydrogens (tertiary/aromatic N) is 12. The van der Waals surface area contributed by atoms with Gasteiger partial charge in [0.25, 0.3) is 0 Å². The van der Waals surface area contributed by atoms with Crippen LogP contribution in [0.4, 0.5) is 0 Å². The van der Waals surface area contributed by atoms with Crippen molar-refractivity contribution in [2.75, 3.05) is 0 Å². The average molecular weight is 1800 g/mol. The minimum atomic E-state index is 0.640.